The molecule has 0 saturated heterocycles. The van der Waals surface area contributed by atoms with Crippen LogP contribution in [0.25, 0.3) is 0 Å². The van der Waals surface area contributed by atoms with Crippen LogP contribution in [-0.2, 0) is 9.53 Å². The summed E-state index contributed by atoms with van der Waals surface area (Å²) in [6.45, 7) is 3.77. The van der Waals surface area contributed by atoms with Crippen LogP contribution in [0.5, 0.6) is 0 Å². The molecule has 0 spiro atoms. The first kappa shape index (κ1) is 13.2. The molecule has 3 aliphatic carbocycles. The second-order valence-corrected chi connectivity index (χ2v) is 5.96. The quantitative estimate of drug-likeness (QED) is 0.811. The molecule has 0 aromatic heterocycles. The number of carbonyl (C=O) groups is 2. The van der Waals surface area contributed by atoms with Crippen molar-refractivity contribution in [1.82, 2.24) is 5.32 Å². The van der Waals surface area contributed by atoms with Gasteiger partial charge in [-0.15, -0.1) is 0 Å². The first-order valence-electron chi connectivity index (χ1n) is 6.60. The molecule has 102 valence electrons. The number of aliphatic carboxylic acids is 1. The third-order valence-electron chi connectivity index (χ3n) is 4.35. The summed E-state index contributed by atoms with van der Waals surface area (Å²) in [5, 5.41) is 12.0. The maximum atomic E-state index is 11.7. The second kappa shape index (κ2) is 4.44. The van der Waals surface area contributed by atoms with Crippen molar-refractivity contribution in [1.29, 1.82) is 0 Å². The molecule has 0 heterocycles. The van der Waals surface area contributed by atoms with E-state index in [0.29, 0.717) is 38.5 Å². The van der Waals surface area contributed by atoms with Crippen LogP contribution in [0.15, 0.2) is 0 Å². The number of carbonyl (C=O) groups excluding carboxylic acids is 1. The Morgan fingerprint density at radius 2 is 1.61 bits per heavy atom. The molecule has 0 aromatic carbocycles. The van der Waals surface area contributed by atoms with E-state index in [1.807, 2.05) is 13.8 Å². The van der Waals surface area contributed by atoms with Crippen LogP contribution in [0, 0.1) is 5.41 Å². The Bertz CT molecular complexity index is 339. The Morgan fingerprint density at radius 1 is 1.11 bits per heavy atom. The molecule has 1 amide bonds. The minimum atomic E-state index is -0.692. The maximum absolute atomic E-state index is 11.7. The van der Waals surface area contributed by atoms with E-state index in [-0.39, 0.29) is 12.1 Å². The number of carboxylic acid groups (broad SMARTS) is 1. The van der Waals surface area contributed by atoms with Crippen LogP contribution in [0.4, 0.5) is 4.79 Å². The highest BCUT2D eigenvalue weighted by Gasteiger charge is 2.54. The topological polar surface area (TPSA) is 75.6 Å². The lowest BCUT2D eigenvalue weighted by molar-refractivity contribution is -0.165. The third kappa shape index (κ3) is 2.31. The fourth-order valence-corrected chi connectivity index (χ4v) is 3.09. The molecule has 3 saturated carbocycles. The summed E-state index contributed by atoms with van der Waals surface area (Å²) < 4.78 is 5.56. The van der Waals surface area contributed by atoms with Crippen LogP contribution in [-0.4, -0.2) is 28.8 Å². The van der Waals surface area contributed by atoms with Gasteiger partial charge in [0.05, 0.1) is 5.41 Å². The number of amides is 1. The van der Waals surface area contributed by atoms with E-state index in [2.05, 4.69) is 5.32 Å². The Labute approximate surface area is 107 Å². The minimum Gasteiger partial charge on any atom is -0.481 e. The predicted octanol–water partition coefficient (Wildman–Crippen LogP) is 2.30. The van der Waals surface area contributed by atoms with Crippen molar-refractivity contribution in [2.75, 3.05) is 0 Å². The molecular weight excluding hydrogens is 234 g/mol. The molecule has 0 atom stereocenters. The van der Waals surface area contributed by atoms with Gasteiger partial charge in [-0.2, -0.15) is 0 Å². The Kier molecular flexibility index (Phi) is 3.25. The number of rotatable bonds is 3. The monoisotopic (exact) mass is 255 g/mol. The Hall–Kier alpha value is -1.26. The number of ether oxygens (including phenoxy) is 1. The molecule has 3 aliphatic rings. The smallest absolute Gasteiger partial charge is 0.407 e. The van der Waals surface area contributed by atoms with Gasteiger partial charge in [-0.3, -0.25) is 4.79 Å². The van der Waals surface area contributed by atoms with Gasteiger partial charge in [0.25, 0.3) is 0 Å². The van der Waals surface area contributed by atoms with Crippen molar-refractivity contribution in [3.8, 4) is 0 Å². The molecule has 3 rings (SSSR count). The van der Waals surface area contributed by atoms with Crippen LogP contribution in [0.2, 0.25) is 0 Å². The van der Waals surface area contributed by atoms with E-state index < -0.39 is 17.0 Å². The van der Waals surface area contributed by atoms with Crippen molar-refractivity contribution in [3.63, 3.8) is 0 Å². The molecule has 18 heavy (non-hydrogen) atoms. The van der Waals surface area contributed by atoms with Gasteiger partial charge >= 0.3 is 12.1 Å². The zero-order valence-electron chi connectivity index (χ0n) is 11.0. The highest BCUT2D eigenvalue weighted by Crippen LogP contribution is 2.53. The van der Waals surface area contributed by atoms with E-state index in [9.17, 15) is 14.7 Å². The lowest BCUT2D eigenvalue weighted by Crippen LogP contribution is -2.52. The molecule has 0 aromatic rings. The second-order valence-electron chi connectivity index (χ2n) is 5.96. The standard InChI is InChI=1S/C13H21NO4/c1-9(2)14-11(17)18-13-6-3-12(4-7-13,5-8-13)10(15)16/h9H,3-8H2,1-2H3,(H,14,17)(H,15,16). The number of hydrogen-bond acceptors (Lipinski definition) is 3. The normalized spacial score (nSPS) is 34.4. The highest BCUT2D eigenvalue weighted by molar-refractivity contribution is 5.75. The van der Waals surface area contributed by atoms with Gasteiger partial charge in [0.15, 0.2) is 0 Å². The summed E-state index contributed by atoms with van der Waals surface area (Å²) >= 11 is 0. The van der Waals surface area contributed by atoms with Gasteiger partial charge in [-0.1, -0.05) is 0 Å². The van der Waals surface area contributed by atoms with Crippen molar-refractivity contribution in [2.45, 2.75) is 64.0 Å². The number of fused-ring (bicyclic) bond motifs is 3. The van der Waals surface area contributed by atoms with E-state index >= 15 is 0 Å². The van der Waals surface area contributed by atoms with E-state index in [0.717, 1.165) is 0 Å². The van der Waals surface area contributed by atoms with Crippen LogP contribution in [0.3, 0.4) is 0 Å². The summed E-state index contributed by atoms with van der Waals surface area (Å²) in [6, 6.07) is 0.0548. The fourth-order valence-electron chi connectivity index (χ4n) is 3.09. The van der Waals surface area contributed by atoms with Crippen LogP contribution >= 0.6 is 0 Å². The fraction of sp³-hybridized carbons (Fsp3) is 0.846. The van der Waals surface area contributed by atoms with Gasteiger partial charge in [0.1, 0.15) is 5.60 Å². The Morgan fingerprint density at radius 3 is 2.00 bits per heavy atom. The van der Waals surface area contributed by atoms with Crippen molar-refractivity contribution in [2.24, 2.45) is 5.41 Å². The predicted molar refractivity (Wildman–Crippen MR) is 65.3 cm³/mol. The average Bonchev–Trinajstić information content (AvgIpc) is 2.29. The largest absolute Gasteiger partial charge is 0.481 e. The molecule has 2 bridgehead atoms. The van der Waals surface area contributed by atoms with Gasteiger partial charge in [0, 0.05) is 6.04 Å². The van der Waals surface area contributed by atoms with Crippen molar-refractivity contribution >= 4 is 12.1 Å². The first-order chi connectivity index (χ1) is 8.38. The maximum Gasteiger partial charge on any atom is 0.407 e. The minimum absolute atomic E-state index is 0.0548. The van der Waals surface area contributed by atoms with Crippen molar-refractivity contribution in [3.05, 3.63) is 0 Å². The SMILES string of the molecule is CC(C)NC(=O)OC12CCC(C(=O)O)(CC1)CC2. The Balaban J connectivity index is 1.97. The summed E-state index contributed by atoms with van der Waals surface area (Å²) in [6.07, 6.45) is 3.50. The van der Waals surface area contributed by atoms with Gasteiger partial charge < -0.3 is 15.2 Å². The number of carboxylic acids is 1. The molecule has 0 radical (unpaired) electrons. The van der Waals surface area contributed by atoms with E-state index in [1.54, 1.807) is 0 Å². The molecule has 5 nitrogen and oxygen atoms in total. The molecule has 0 aliphatic heterocycles. The zero-order chi connectivity index (χ0) is 13.4. The molecule has 3 fully saturated rings. The highest BCUT2D eigenvalue weighted by atomic mass is 16.6. The number of nitrogens with one attached hydrogen (secondary N) is 1. The summed E-state index contributed by atoms with van der Waals surface area (Å²) in [7, 11) is 0. The molecular formula is C13H21NO4. The van der Waals surface area contributed by atoms with E-state index in [1.165, 1.54) is 0 Å². The third-order valence-corrected chi connectivity index (χ3v) is 4.35. The average molecular weight is 255 g/mol. The van der Waals surface area contributed by atoms with E-state index in [4.69, 9.17) is 4.74 Å². The summed E-state index contributed by atoms with van der Waals surface area (Å²) in [5.74, 6) is -0.692. The molecule has 5 heteroatoms. The van der Waals surface area contributed by atoms with Crippen LogP contribution < -0.4 is 5.32 Å². The number of alkyl carbamates (subject to hydrolysis) is 1. The summed E-state index contributed by atoms with van der Waals surface area (Å²) in [4.78, 5) is 23.0. The van der Waals surface area contributed by atoms with Gasteiger partial charge in [-0.25, -0.2) is 4.79 Å². The molecule has 0 unspecified atom stereocenters. The molecule has 2 N–H and O–H groups in total. The van der Waals surface area contributed by atoms with Gasteiger partial charge in [0.2, 0.25) is 0 Å². The zero-order valence-corrected chi connectivity index (χ0v) is 11.0. The first-order valence-corrected chi connectivity index (χ1v) is 6.60. The van der Waals surface area contributed by atoms with Crippen LogP contribution in [0.1, 0.15) is 52.4 Å². The van der Waals surface area contributed by atoms with Gasteiger partial charge in [-0.05, 0) is 52.4 Å². The lowest BCUT2D eigenvalue weighted by atomic mass is 9.58. The summed E-state index contributed by atoms with van der Waals surface area (Å²) in [5.41, 5.74) is -0.976. The lowest BCUT2D eigenvalue weighted by Gasteiger charge is -2.50. The number of hydrogen-bond donors (Lipinski definition) is 2. The van der Waals surface area contributed by atoms with Crippen molar-refractivity contribution < 1.29 is 19.4 Å².